The Morgan fingerprint density at radius 1 is 1.07 bits per heavy atom. The van der Waals surface area contributed by atoms with Crippen LogP contribution in [0, 0.1) is 0 Å². The van der Waals surface area contributed by atoms with Gasteiger partial charge in [-0.3, -0.25) is 4.90 Å². The fraction of sp³-hybridized carbons (Fsp3) is 0.409. The third kappa shape index (κ3) is 4.46. The third-order valence-electron chi connectivity index (χ3n) is 5.11. The number of nitrogens with zero attached hydrogens (tertiary/aromatic N) is 1. The summed E-state index contributed by atoms with van der Waals surface area (Å²) < 4.78 is 21.5. The number of ether oxygens (including phenoxy) is 4. The zero-order valence-electron chi connectivity index (χ0n) is 16.1. The summed E-state index contributed by atoms with van der Waals surface area (Å²) in [5, 5.41) is 0. The maximum Gasteiger partial charge on any atom is 0.337 e. The molecule has 2 aromatic rings. The van der Waals surface area contributed by atoms with E-state index in [4.69, 9.17) is 18.9 Å². The molecule has 1 saturated heterocycles. The lowest BCUT2D eigenvalue weighted by Gasteiger charge is -2.25. The topological polar surface area (TPSA) is 57.2 Å². The van der Waals surface area contributed by atoms with E-state index in [0.717, 1.165) is 56.1 Å². The number of methoxy groups -OCH3 is 1. The van der Waals surface area contributed by atoms with Crippen LogP contribution in [-0.2, 0) is 22.6 Å². The zero-order chi connectivity index (χ0) is 19.3. The molecule has 1 unspecified atom stereocenters. The minimum absolute atomic E-state index is 0.267. The summed E-state index contributed by atoms with van der Waals surface area (Å²) in [4.78, 5) is 14.0. The highest BCUT2D eigenvalue weighted by Gasteiger charge is 2.21. The summed E-state index contributed by atoms with van der Waals surface area (Å²) >= 11 is 0. The molecule has 1 fully saturated rings. The van der Waals surface area contributed by atoms with Crippen LogP contribution in [0.25, 0.3) is 0 Å². The van der Waals surface area contributed by atoms with E-state index < -0.39 is 0 Å². The highest BCUT2D eigenvalue weighted by atomic mass is 16.7. The fourth-order valence-electron chi connectivity index (χ4n) is 3.68. The van der Waals surface area contributed by atoms with E-state index in [1.54, 1.807) is 0 Å². The molecule has 0 amide bonds. The summed E-state index contributed by atoms with van der Waals surface area (Å²) in [5.74, 6) is 1.29. The van der Waals surface area contributed by atoms with E-state index in [9.17, 15) is 4.79 Å². The van der Waals surface area contributed by atoms with E-state index in [1.165, 1.54) is 12.7 Å². The van der Waals surface area contributed by atoms with Crippen LogP contribution in [0.1, 0.15) is 34.3 Å². The van der Waals surface area contributed by atoms with Gasteiger partial charge in [0, 0.05) is 26.2 Å². The van der Waals surface area contributed by atoms with Gasteiger partial charge in [-0.05, 0) is 48.2 Å². The molecule has 2 aliphatic heterocycles. The highest BCUT2D eigenvalue weighted by Crippen LogP contribution is 2.33. The van der Waals surface area contributed by atoms with Crippen LogP contribution in [0.5, 0.6) is 11.5 Å². The van der Waals surface area contributed by atoms with Crippen molar-refractivity contribution in [1.82, 2.24) is 4.90 Å². The van der Waals surface area contributed by atoms with Crippen molar-refractivity contribution in [2.75, 3.05) is 27.1 Å². The lowest BCUT2D eigenvalue weighted by atomic mass is 10.1. The van der Waals surface area contributed by atoms with Crippen LogP contribution in [0.4, 0.5) is 0 Å². The molecule has 2 aliphatic rings. The third-order valence-corrected chi connectivity index (χ3v) is 5.11. The summed E-state index contributed by atoms with van der Waals surface area (Å²) in [6.45, 7) is 3.56. The molecule has 4 rings (SSSR count). The lowest BCUT2D eigenvalue weighted by Crippen LogP contribution is -2.31. The van der Waals surface area contributed by atoms with Crippen molar-refractivity contribution >= 4 is 5.97 Å². The number of rotatable bonds is 7. The molecule has 0 aromatic heterocycles. The summed E-state index contributed by atoms with van der Waals surface area (Å²) in [7, 11) is 1.39. The molecule has 2 heterocycles. The Balaban J connectivity index is 1.47. The Morgan fingerprint density at radius 3 is 2.57 bits per heavy atom. The number of benzene rings is 2. The Morgan fingerprint density at radius 2 is 1.82 bits per heavy atom. The number of hydrogen-bond acceptors (Lipinski definition) is 6. The van der Waals surface area contributed by atoms with Gasteiger partial charge in [0.25, 0.3) is 0 Å². The molecule has 0 radical (unpaired) electrons. The van der Waals surface area contributed by atoms with Gasteiger partial charge in [0.15, 0.2) is 11.5 Å². The minimum atomic E-state index is -0.317. The molecule has 6 nitrogen and oxygen atoms in total. The molecule has 0 aliphatic carbocycles. The quantitative estimate of drug-likeness (QED) is 0.683. The smallest absolute Gasteiger partial charge is 0.337 e. The van der Waals surface area contributed by atoms with Gasteiger partial charge in [0.05, 0.1) is 18.8 Å². The number of fused-ring (bicyclic) bond motifs is 1. The SMILES string of the molecule is COC(=O)c1ccc(CN(Cc2ccc3c(c2)OCO3)CC2CCCO2)cc1. The number of esters is 1. The summed E-state index contributed by atoms with van der Waals surface area (Å²) in [5.41, 5.74) is 2.88. The first-order valence-corrected chi connectivity index (χ1v) is 9.61. The Kier molecular flexibility index (Phi) is 5.78. The second-order valence-corrected chi connectivity index (χ2v) is 7.18. The van der Waals surface area contributed by atoms with Gasteiger partial charge in [0.2, 0.25) is 6.79 Å². The molecule has 1 atom stereocenters. The molecule has 28 heavy (non-hydrogen) atoms. The minimum Gasteiger partial charge on any atom is -0.465 e. The summed E-state index contributed by atoms with van der Waals surface area (Å²) in [6, 6.07) is 13.7. The first-order valence-electron chi connectivity index (χ1n) is 9.61. The van der Waals surface area contributed by atoms with Gasteiger partial charge in [-0.1, -0.05) is 18.2 Å². The monoisotopic (exact) mass is 383 g/mol. The first-order chi connectivity index (χ1) is 13.7. The second kappa shape index (κ2) is 8.63. The van der Waals surface area contributed by atoms with Crippen molar-refractivity contribution in [3.05, 3.63) is 59.2 Å². The van der Waals surface area contributed by atoms with Crippen LogP contribution < -0.4 is 9.47 Å². The molecule has 6 heteroatoms. The van der Waals surface area contributed by atoms with E-state index in [1.807, 2.05) is 36.4 Å². The van der Waals surface area contributed by atoms with E-state index in [0.29, 0.717) is 5.56 Å². The summed E-state index contributed by atoms with van der Waals surface area (Å²) in [6.07, 6.45) is 2.48. The lowest BCUT2D eigenvalue weighted by molar-refractivity contribution is 0.0600. The molecule has 0 N–H and O–H groups in total. The Labute approximate surface area is 165 Å². The van der Waals surface area contributed by atoms with Crippen molar-refractivity contribution < 1.29 is 23.7 Å². The van der Waals surface area contributed by atoms with E-state index in [-0.39, 0.29) is 18.9 Å². The maximum atomic E-state index is 11.6. The normalized spacial score (nSPS) is 17.9. The van der Waals surface area contributed by atoms with E-state index >= 15 is 0 Å². The molecule has 148 valence electrons. The van der Waals surface area contributed by atoms with Gasteiger partial charge in [-0.15, -0.1) is 0 Å². The van der Waals surface area contributed by atoms with Gasteiger partial charge in [-0.25, -0.2) is 4.79 Å². The van der Waals surface area contributed by atoms with Gasteiger partial charge >= 0.3 is 5.97 Å². The molecule has 0 spiro atoms. The molecule has 0 bridgehead atoms. The van der Waals surface area contributed by atoms with Crippen molar-refractivity contribution in [3.63, 3.8) is 0 Å². The van der Waals surface area contributed by atoms with Gasteiger partial charge in [0.1, 0.15) is 0 Å². The molecular formula is C22H25NO5. The molecule has 2 aromatic carbocycles. The molecular weight excluding hydrogens is 358 g/mol. The van der Waals surface area contributed by atoms with Crippen molar-refractivity contribution in [2.45, 2.75) is 32.0 Å². The van der Waals surface area contributed by atoms with Gasteiger partial charge < -0.3 is 18.9 Å². The fourth-order valence-corrected chi connectivity index (χ4v) is 3.68. The number of hydrogen-bond donors (Lipinski definition) is 0. The van der Waals surface area contributed by atoms with Crippen molar-refractivity contribution in [2.24, 2.45) is 0 Å². The maximum absolute atomic E-state index is 11.6. The van der Waals surface area contributed by atoms with Crippen LogP contribution in [0.2, 0.25) is 0 Å². The highest BCUT2D eigenvalue weighted by molar-refractivity contribution is 5.89. The largest absolute Gasteiger partial charge is 0.465 e. The zero-order valence-corrected chi connectivity index (χ0v) is 16.1. The van der Waals surface area contributed by atoms with Crippen molar-refractivity contribution in [1.29, 1.82) is 0 Å². The van der Waals surface area contributed by atoms with Crippen molar-refractivity contribution in [3.8, 4) is 11.5 Å². The number of carbonyl (C=O) groups excluding carboxylic acids is 1. The standard InChI is InChI=1S/C22H25NO5/c1-25-22(24)18-7-4-16(5-8-18)12-23(14-19-3-2-10-26-19)13-17-6-9-20-21(11-17)28-15-27-20/h4-9,11,19H,2-3,10,12-15H2,1H3. The first kappa shape index (κ1) is 18.8. The number of carbonyl (C=O) groups is 1. The Bertz CT molecular complexity index is 814. The second-order valence-electron chi connectivity index (χ2n) is 7.18. The molecule has 0 saturated carbocycles. The predicted octanol–water partition coefficient (Wildman–Crippen LogP) is 3.38. The van der Waals surface area contributed by atoms with E-state index in [2.05, 4.69) is 11.0 Å². The predicted molar refractivity (Wildman–Crippen MR) is 103 cm³/mol. The van der Waals surface area contributed by atoms with Crippen LogP contribution >= 0.6 is 0 Å². The van der Waals surface area contributed by atoms with Crippen LogP contribution in [0.15, 0.2) is 42.5 Å². The Hall–Kier alpha value is -2.57. The average Bonchev–Trinajstić information content (AvgIpc) is 3.39. The van der Waals surface area contributed by atoms with Crippen LogP contribution in [0.3, 0.4) is 0 Å². The average molecular weight is 383 g/mol. The van der Waals surface area contributed by atoms with Crippen LogP contribution in [-0.4, -0.2) is 44.0 Å². The van der Waals surface area contributed by atoms with Gasteiger partial charge in [-0.2, -0.15) is 0 Å².